The fourth-order valence-corrected chi connectivity index (χ4v) is 2.96. The van der Waals surface area contributed by atoms with Gasteiger partial charge in [0.1, 0.15) is 5.38 Å². The number of para-hydroxylation sites is 2. The zero-order valence-corrected chi connectivity index (χ0v) is 10.3. The van der Waals surface area contributed by atoms with Crippen LogP contribution in [0.15, 0.2) is 48.5 Å². The summed E-state index contributed by atoms with van der Waals surface area (Å²) in [6, 6.07) is 16.4. The van der Waals surface area contributed by atoms with Gasteiger partial charge < -0.3 is 10.3 Å². The highest BCUT2D eigenvalue weighted by Crippen LogP contribution is 2.45. The van der Waals surface area contributed by atoms with Crippen molar-refractivity contribution in [2.45, 2.75) is 5.38 Å². The van der Waals surface area contributed by atoms with Gasteiger partial charge in [-0.05, 0) is 17.7 Å². The number of anilines is 2. The number of aromatic amines is 1. The molecule has 18 heavy (non-hydrogen) atoms. The highest BCUT2D eigenvalue weighted by Gasteiger charge is 2.26. The van der Waals surface area contributed by atoms with Crippen molar-refractivity contribution in [2.75, 3.05) is 5.32 Å². The van der Waals surface area contributed by atoms with E-state index in [9.17, 15) is 0 Å². The first-order chi connectivity index (χ1) is 8.84. The lowest BCUT2D eigenvalue weighted by Crippen LogP contribution is -2.08. The molecule has 2 N–H and O–H groups in total. The summed E-state index contributed by atoms with van der Waals surface area (Å²) in [5.41, 5.74) is 5.49. The van der Waals surface area contributed by atoms with Crippen molar-refractivity contribution in [3.8, 4) is 0 Å². The van der Waals surface area contributed by atoms with Crippen LogP contribution in [0.1, 0.15) is 16.6 Å². The van der Waals surface area contributed by atoms with Crippen LogP contribution >= 0.6 is 11.6 Å². The Kier molecular flexibility index (Phi) is 1.97. The molecule has 0 fully saturated rings. The molecule has 3 heteroatoms. The Labute approximate surface area is 110 Å². The molecule has 1 aliphatic heterocycles. The lowest BCUT2D eigenvalue weighted by molar-refractivity contribution is 1.06. The largest absolute Gasteiger partial charge is 0.355 e. The summed E-state index contributed by atoms with van der Waals surface area (Å²) in [5, 5.41) is 4.55. The number of fused-ring (bicyclic) bond motifs is 4. The molecular weight excluding hydrogens is 244 g/mol. The molecule has 0 bridgehead atoms. The fourth-order valence-electron chi connectivity index (χ4n) is 2.61. The number of alkyl halides is 1. The quantitative estimate of drug-likeness (QED) is 0.566. The van der Waals surface area contributed by atoms with E-state index in [1.54, 1.807) is 0 Å². The van der Waals surface area contributed by atoms with E-state index in [1.165, 1.54) is 5.39 Å². The van der Waals surface area contributed by atoms with Gasteiger partial charge in [-0.2, -0.15) is 0 Å². The van der Waals surface area contributed by atoms with Crippen molar-refractivity contribution >= 4 is 33.9 Å². The first-order valence-corrected chi connectivity index (χ1v) is 6.39. The van der Waals surface area contributed by atoms with Crippen LogP contribution in [0.5, 0.6) is 0 Å². The molecule has 0 spiro atoms. The predicted molar refractivity (Wildman–Crippen MR) is 75.7 cm³/mol. The van der Waals surface area contributed by atoms with E-state index in [2.05, 4.69) is 34.6 Å². The number of rotatable bonds is 0. The minimum atomic E-state index is -0.121. The molecule has 2 heterocycles. The number of nitrogens with one attached hydrogen (secondary N) is 2. The Bertz CT molecular complexity index is 745. The normalized spacial score (nSPS) is 17.1. The molecule has 1 aromatic heterocycles. The average molecular weight is 255 g/mol. The minimum Gasteiger partial charge on any atom is -0.355 e. The lowest BCUT2D eigenvalue weighted by atomic mass is 10.0. The number of aromatic nitrogens is 1. The molecule has 1 aliphatic rings. The smallest absolute Gasteiger partial charge is 0.103 e. The fraction of sp³-hybridized carbons (Fsp3) is 0.0667. The van der Waals surface area contributed by atoms with Gasteiger partial charge in [-0.15, -0.1) is 11.6 Å². The third kappa shape index (κ3) is 1.24. The summed E-state index contributed by atoms with van der Waals surface area (Å²) in [6.07, 6.45) is 0. The Balaban J connectivity index is 2.02. The predicted octanol–water partition coefficient (Wildman–Crippen LogP) is 4.55. The van der Waals surface area contributed by atoms with Gasteiger partial charge in [0.05, 0.1) is 11.4 Å². The molecule has 88 valence electrons. The monoisotopic (exact) mass is 254 g/mol. The number of hydrogen-bond donors (Lipinski definition) is 2. The summed E-state index contributed by atoms with van der Waals surface area (Å²) in [6.45, 7) is 0. The van der Waals surface area contributed by atoms with Gasteiger partial charge in [0, 0.05) is 16.6 Å². The van der Waals surface area contributed by atoms with Gasteiger partial charge in [0.2, 0.25) is 0 Å². The molecule has 3 aromatic rings. The topological polar surface area (TPSA) is 27.8 Å². The second kappa shape index (κ2) is 3.53. The van der Waals surface area contributed by atoms with Crippen LogP contribution in [0, 0.1) is 0 Å². The molecule has 4 rings (SSSR count). The summed E-state index contributed by atoms with van der Waals surface area (Å²) >= 11 is 6.58. The minimum absolute atomic E-state index is 0.121. The van der Waals surface area contributed by atoms with Crippen LogP contribution in [0.4, 0.5) is 11.4 Å². The molecule has 1 atom stereocenters. The molecule has 0 saturated heterocycles. The van der Waals surface area contributed by atoms with Crippen LogP contribution < -0.4 is 5.32 Å². The Hall–Kier alpha value is -1.93. The Morgan fingerprint density at radius 1 is 0.944 bits per heavy atom. The number of halogens is 1. The standard InChI is InChI=1S/C15H11ClN2/c16-13-9-5-1-3-7-11(9)17-14-10-6-2-4-8-12(10)18-15(13)14/h1-8,13,17-18H. The summed E-state index contributed by atoms with van der Waals surface area (Å²) in [7, 11) is 0. The molecular formula is C15H11ClN2. The first-order valence-electron chi connectivity index (χ1n) is 5.95. The van der Waals surface area contributed by atoms with Crippen LogP contribution in [-0.4, -0.2) is 4.98 Å². The summed E-state index contributed by atoms with van der Waals surface area (Å²) in [4.78, 5) is 3.41. The van der Waals surface area contributed by atoms with E-state index in [0.29, 0.717) is 0 Å². The third-order valence-corrected chi connectivity index (χ3v) is 3.94. The molecule has 0 saturated carbocycles. The van der Waals surface area contributed by atoms with Crippen LogP contribution in [0.2, 0.25) is 0 Å². The van der Waals surface area contributed by atoms with Crippen LogP contribution in [-0.2, 0) is 0 Å². The number of H-pyrrole nitrogens is 1. The van der Waals surface area contributed by atoms with Gasteiger partial charge >= 0.3 is 0 Å². The molecule has 2 aromatic carbocycles. The van der Waals surface area contributed by atoms with E-state index < -0.39 is 0 Å². The maximum atomic E-state index is 6.58. The lowest BCUT2D eigenvalue weighted by Gasteiger charge is -2.22. The van der Waals surface area contributed by atoms with Crippen LogP contribution in [0.3, 0.4) is 0 Å². The molecule has 0 radical (unpaired) electrons. The van der Waals surface area contributed by atoms with Gasteiger partial charge in [0.25, 0.3) is 0 Å². The van der Waals surface area contributed by atoms with Crippen molar-refractivity contribution in [1.82, 2.24) is 4.98 Å². The molecule has 0 amide bonds. The van der Waals surface area contributed by atoms with E-state index >= 15 is 0 Å². The maximum Gasteiger partial charge on any atom is 0.103 e. The first kappa shape index (κ1) is 10.0. The Morgan fingerprint density at radius 3 is 2.67 bits per heavy atom. The highest BCUT2D eigenvalue weighted by molar-refractivity contribution is 6.24. The molecule has 0 aliphatic carbocycles. The molecule has 2 nitrogen and oxygen atoms in total. The SMILES string of the molecule is ClC1c2ccccc2Nc2c1[nH]c1ccccc21. The van der Waals surface area contributed by atoms with Crippen molar-refractivity contribution in [3.63, 3.8) is 0 Å². The average Bonchev–Trinajstić information content (AvgIpc) is 2.79. The number of hydrogen-bond acceptors (Lipinski definition) is 1. The number of benzene rings is 2. The van der Waals surface area contributed by atoms with E-state index in [4.69, 9.17) is 11.6 Å². The van der Waals surface area contributed by atoms with Crippen molar-refractivity contribution in [3.05, 3.63) is 59.8 Å². The zero-order chi connectivity index (χ0) is 12.1. The summed E-state index contributed by atoms with van der Waals surface area (Å²) < 4.78 is 0. The highest BCUT2D eigenvalue weighted by atomic mass is 35.5. The van der Waals surface area contributed by atoms with E-state index in [-0.39, 0.29) is 5.38 Å². The second-order valence-corrected chi connectivity index (χ2v) is 4.97. The maximum absolute atomic E-state index is 6.58. The van der Waals surface area contributed by atoms with E-state index in [0.717, 1.165) is 28.1 Å². The van der Waals surface area contributed by atoms with Gasteiger partial charge in [-0.25, -0.2) is 0 Å². The summed E-state index contributed by atoms with van der Waals surface area (Å²) in [5.74, 6) is 0. The van der Waals surface area contributed by atoms with Gasteiger partial charge in [0.15, 0.2) is 0 Å². The van der Waals surface area contributed by atoms with Crippen molar-refractivity contribution < 1.29 is 0 Å². The Morgan fingerprint density at radius 2 is 1.72 bits per heavy atom. The third-order valence-electron chi connectivity index (χ3n) is 3.48. The van der Waals surface area contributed by atoms with Crippen molar-refractivity contribution in [1.29, 1.82) is 0 Å². The van der Waals surface area contributed by atoms with Crippen LogP contribution in [0.25, 0.3) is 10.9 Å². The van der Waals surface area contributed by atoms with E-state index in [1.807, 2.05) is 24.3 Å². The van der Waals surface area contributed by atoms with Crippen molar-refractivity contribution in [2.24, 2.45) is 0 Å². The zero-order valence-electron chi connectivity index (χ0n) is 9.57. The van der Waals surface area contributed by atoms with Gasteiger partial charge in [-0.1, -0.05) is 36.4 Å². The second-order valence-electron chi connectivity index (χ2n) is 4.53. The molecule has 1 unspecified atom stereocenters. The van der Waals surface area contributed by atoms with Gasteiger partial charge in [-0.3, -0.25) is 0 Å².